The van der Waals surface area contributed by atoms with Gasteiger partial charge >= 0.3 is 5.97 Å². The van der Waals surface area contributed by atoms with Gasteiger partial charge in [0.05, 0.1) is 12.2 Å². The summed E-state index contributed by atoms with van der Waals surface area (Å²) in [7, 11) is 5.24. The largest absolute Gasteiger partial charge is 0.481 e. The standard InChI is InChI=1S/C15H23BO5/c16-14(19)8-7-11-10(12(17)9-13(11)18)5-3-1-2-4-6-15(20)21/h1,3,7-8,10-14,17-19H,2,4-6,9H2,(H,20,21)/b3-1-,8-7?/t10-,11-,12+,13-,14?/m1/s1. The van der Waals surface area contributed by atoms with Gasteiger partial charge in [-0.3, -0.25) is 4.79 Å². The first-order valence-electron chi connectivity index (χ1n) is 7.26. The Morgan fingerprint density at radius 1 is 1.29 bits per heavy atom. The number of carboxylic acid groups (broad SMARTS) is 1. The fourth-order valence-corrected chi connectivity index (χ4v) is 2.69. The zero-order chi connectivity index (χ0) is 15.8. The molecule has 0 heterocycles. The highest BCUT2D eigenvalue weighted by Crippen LogP contribution is 2.36. The lowest BCUT2D eigenvalue weighted by molar-refractivity contribution is -0.137. The third-order valence-electron chi connectivity index (χ3n) is 3.78. The highest BCUT2D eigenvalue weighted by molar-refractivity contribution is 6.12. The van der Waals surface area contributed by atoms with Crippen molar-refractivity contribution in [2.24, 2.45) is 11.8 Å². The Morgan fingerprint density at radius 2 is 2.00 bits per heavy atom. The normalized spacial score (nSPS) is 31.2. The van der Waals surface area contributed by atoms with E-state index in [-0.39, 0.29) is 18.3 Å². The second-order valence-corrected chi connectivity index (χ2v) is 5.48. The van der Waals surface area contributed by atoms with E-state index in [0.717, 1.165) is 0 Å². The summed E-state index contributed by atoms with van der Waals surface area (Å²) < 4.78 is 0. The number of aliphatic hydroxyl groups excluding tert-OH is 3. The molecule has 0 aromatic carbocycles. The molecule has 116 valence electrons. The maximum absolute atomic E-state index is 10.4. The molecule has 1 aliphatic carbocycles. The van der Waals surface area contributed by atoms with E-state index >= 15 is 0 Å². The number of aliphatic carboxylic acids is 1. The van der Waals surface area contributed by atoms with Gasteiger partial charge in [0.2, 0.25) is 0 Å². The summed E-state index contributed by atoms with van der Waals surface area (Å²) in [6.45, 7) is 0. The molecule has 1 rings (SSSR count). The predicted octanol–water partition coefficient (Wildman–Crippen LogP) is 0.589. The fraction of sp³-hybridized carbons (Fsp3) is 0.667. The van der Waals surface area contributed by atoms with Gasteiger partial charge in [-0.25, -0.2) is 0 Å². The average Bonchev–Trinajstić information content (AvgIpc) is 2.65. The molecular weight excluding hydrogens is 271 g/mol. The van der Waals surface area contributed by atoms with Gasteiger partial charge < -0.3 is 20.4 Å². The zero-order valence-corrected chi connectivity index (χ0v) is 12.0. The number of hydrogen-bond donors (Lipinski definition) is 4. The van der Waals surface area contributed by atoms with Crippen LogP contribution < -0.4 is 0 Å². The number of allylic oxidation sites excluding steroid dienone is 2. The quantitative estimate of drug-likeness (QED) is 0.298. The molecule has 4 N–H and O–H groups in total. The lowest BCUT2D eigenvalue weighted by atomic mass is 9.88. The molecule has 0 amide bonds. The Bertz CT molecular complexity index is 380. The Hall–Kier alpha value is -1.11. The van der Waals surface area contributed by atoms with Gasteiger partial charge in [-0.2, -0.15) is 0 Å². The number of aliphatic hydroxyl groups is 3. The fourth-order valence-electron chi connectivity index (χ4n) is 2.69. The second-order valence-electron chi connectivity index (χ2n) is 5.48. The van der Waals surface area contributed by atoms with E-state index in [1.54, 1.807) is 6.08 Å². The van der Waals surface area contributed by atoms with Crippen molar-refractivity contribution in [1.82, 2.24) is 0 Å². The number of unbranched alkanes of at least 4 members (excludes halogenated alkanes) is 1. The monoisotopic (exact) mass is 294 g/mol. The zero-order valence-electron chi connectivity index (χ0n) is 12.0. The minimum Gasteiger partial charge on any atom is -0.481 e. The number of carboxylic acids is 1. The van der Waals surface area contributed by atoms with E-state index in [1.165, 1.54) is 6.08 Å². The van der Waals surface area contributed by atoms with Crippen LogP contribution >= 0.6 is 0 Å². The van der Waals surface area contributed by atoms with Gasteiger partial charge in [-0.15, -0.1) is 0 Å². The summed E-state index contributed by atoms with van der Waals surface area (Å²) in [6, 6.07) is -1.07. The summed E-state index contributed by atoms with van der Waals surface area (Å²) in [5.41, 5.74) is 0. The average molecular weight is 294 g/mol. The molecular formula is C15H23BO5. The van der Waals surface area contributed by atoms with E-state index in [2.05, 4.69) is 0 Å². The summed E-state index contributed by atoms with van der Waals surface area (Å²) in [6.07, 6.45) is 7.98. The van der Waals surface area contributed by atoms with Crippen LogP contribution in [0.15, 0.2) is 24.3 Å². The number of rotatable bonds is 8. The molecule has 2 radical (unpaired) electrons. The first-order valence-corrected chi connectivity index (χ1v) is 7.26. The van der Waals surface area contributed by atoms with Gasteiger partial charge in [0.25, 0.3) is 0 Å². The van der Waals surface area contributed by atoms with Crippen molar-refractivity contribution in [3.05, 3.63) is 24.3 Å². The third kappa shape index (κ3) is 6.46. The summed E-state index contributed by atoms with van der Waals surface area (Å²) in [4.78, 5) is 10.4. The predicted molar refractivity (Wildman–Crippen MR) is 79.8 cm³/mol. The molecule has 6 heteroatoms. The summed E-state index contributed by atoms with van der Waals surface area (Å²) >= 11 is 0. The lowest BCUT2D eigenvalue weighted by Crippen LogP contribution is -2.20. The van der Waals surface area contributed by atoms with Gasteiger partial charge in [0, 0.05) is 24.8 Å². The van der Waals surface area contributed by atoms with Crippen molar-refractivity contribution in [2.75, 3.05) is 0 Å². The molecule has 0 saturated heterocycles. The van der Waals surface area contributed by atoms with Crippen molar-refractivity contribution < 1.29 is 25.2 Å². The SMILES string of the molecule is [B]C(O)C=C[C@@H]1[C@@H](C/C=C\CCCC(=O)O)[C@@H](O)C[C@H]1O. The smallest absolute Gasteiger partial charge is 0.303 e. The number of carbonyl (C=O) groups is 1. The minimum absolute atomic E-state index is 0.120. The topological polar surface area (TPSA) is 98.0 Å². The second kappa shape index (κ2) is 9.02. The van der Waals surface area contributed by atoms with Crippen LogP contribution in [0, 0.1) is 11.8 Å². The van der Waals surface area contributed by atoms with Crippen LogP contribution in [-0.4, -0.2) is 52.5 Å². The first-order chi connectivity index (χ1) is 9.91. The molecule has 0 aromatic rings. The molecule has 1 fully saturated rings. The maximum atomic E-state index is 10.4. The molecule has 0 spiro atoms. The van der Waals surface area contributed by atoms with E-state index in [1.807, 2.05) is 12.2 Å². The molecule has 1 aliphatic rings. The van der Waals surface area contributed by atoms with Crippen LogP contribution in [0.1, 0.15) is 32.1 Å². The first kappa shape index (κ1) is 17.9. The van der Waals surface area contributed by atoms with E-state index in [9.17, 15) is 15.0 Å². The third-order valence-corrected chi connectivity index (χ3v) is 3.78. The molecule has 0 aromatic heterocycles. The minimum atomic E-state index is -1.07. The molecule has 1 saturated carbocycles. The summed E-state index contributed by atoms with van der Waals surface area (Å²) in [5, 5.41) is 37.5. The molecule has 5 nitrogen and oxygen atoms in total. The van der Waals surface area contributed by atoms with Crippen molar-refractivity contribution >= 4 is 13.8 Å². The molecule has 1 unspecified atom stereocenters. The van der Waals surface area contributed by atoms with E-state index in [0.29, 0.717) is 25.7 Å². The highest BCUT2D eigenvalue weighted by Gasteiger charge is 2.39. The van der Waals surface area contributed by atoms with Crippen LogP contribution in [0.2, 0.25) is 0 Å². The molecule has 0 aliphatic heterocycles. The van der Waals surface area contributed by atoms with Crippen molar-refractivity contribution in [2.45, 2.75) is 50.3 Å². The molecule has 21 heavy (non-hydrogen) atoms. The Labute approximate surface area is 126 Å². The van der Waals surface area contributed by atoms with Gasteiger partial charge in [0.15, 0.2) is 0 Å². The van der Waals surface area contributed by atoms with Crippen LogP contribution in [0.25, 0.3) is 0 Å². The maximum Gasteiger partial charge on any atom is 0.303 e. The van der Waals surface area contributed by atoms with E-state index < -0.39 is 24.2 Å². The summed E-state index contributed by atoms with van der Waals surface area (Å²) in [5.74, 6) is -1.16. The highest BCUT2D eigenvalue weighted by atomic mass is 16.4. The van der Waals surface area contributed by atoms with Crippen LogP contribution in [-0.2, 0) is 4.79 Å². The molecule has 0 bridgehead atoms. The van der Waals surface area contributed by atoms with Crippen LogP contribution in [0.5, 0.6) is 0 Å². The Balaban J connectivity index is 2.46. The van der Waals surface area contributed by atoms with Crippen molar-refractivity contribution in [3.8, 4) is 0 Å². The molecule has 5 atom stereocenters. The van der Waals surface area contributed by atoms with E-state index in [4.69, 9.17) is 18.1 Å². The Morgan fingerprint density at radius 3 is 2.62 bits per heavy atom. The number of hydrogen-bond acceptors (Lipinski definition) is 4. The Kier molecular flexibility index (Phi) is 7.71. The lowest BCUT2D eigenvalue weighted by Gasteiger charge is -2.19. The van der Waals surface area contributed by atoms with Crippen molar-refractivity contribution in [3.63, 3.8) is 0 Å². The van der Waals surface area contributed by atoms with Crippen LogP contribution in [0.4, 0.5) is 0 Å². The van der Waals surface area contributed by atoms with Crippen molar-refractivity contribution in [1.29, 1.82) is 0 Å². The van der Waals surface area contributed by atoms with Crippen LogP contribution in [0.3, 0.4) is 0 Å². The van der Waals surface area contributed by atoms with Gasteiger partial charge in [0.1, 0.15) is 7.85 Å². The van der Waals surface area contributed by atoms with Gasteiger partial charge in [-0.05, 0) is 25.2 Å². The van der Waals surface area contributed by atoms with Gasteiger partial charge in [-0.1, -0.05) is 24.3 Å².